The van der Waals surface area contributed by atoms with Crippen molar-refractivity contribution in [1.82, 2.24) is 5.32 Å². The highest BCUT2D eigenvalue weighted by molar-refractivity contribution is 6.30. The van der Waals surface area contributed by atoms with E-state index in [-0.39, 0.29) is 5.92 Å². The van der Waals surface area contributed by atoms with Crippen molar-refractivity contribution in [2.45, 2.75) is 31.9 Å². The second-order valence-corrected chi connectivity index (χ2v) is 5.89. The van der Waals surface area contributed by atoms with Crippen molar-refractivity contribution in [3.8, 4) is 5.75 Å². The fourth-order valence-corrected chi connectivity index (χ4v) is 2.96. The first kappa shape index (κ1) is 14.6. The molecule has 0 radical (unpaired) electrons. The molecule has 1 aromatic rings. The van der Waals surface area contributed by atoms with Crippen LogP contribution in [0.2, 0.25) is 5.02 Å². The minimum absolute atomic E-state index is 0.0462. The number of benzene rings is 1. The van der Waals surface area contributed by atoms with E-state index in [0.29, 0.717) is 17.2 Å². The van der Waals surface area contributed by atoms with Gasteiger partial charge in [0.05, 0.1) is 7.11 Å². The molecule has 1 aliphatic heterocycles. The highest BCUT2D eigenvalue weighted by Crippen LogP contribution is 2.34. The van der Waals surface area contributed by atoms with Crippen LogP contribution in [0, 0.1) is 5.92 Å². The lowest BCUT2D eigenvalue weighted by molar-refractivity contribution is 0.0826. The molecule has 2 atom stereocenters. The predicted octanol–water partition coefficient (Wildman–Crippen LogP) is 3.62. The Morgan fingerprint density at radius 1 is 1.53 bits per heavy atom. The van der Waals surface area contributed by atoms with Gasteiger partial charge in [-0.25, -0.2) is 4.39 Å². The predicted molar refractivity (Wildman–Crippen MR) is 76.8 cm³/mol. The molecular weight excluding hydrogens is 265 g/mol. The van der Waals surface area contributed by atoms with E-state index in [2.05, 4.69) is 5.32 Å². The summed E-state index contributed by atoms with van der Waals surface area (Å²) in [6, 6.07) is 5.36. The molecule has 1 aliphatic rings. The molecule has 0 amide bonds. The molecule has 2 rings (SSSR count). The molecule has 106 valence electrons. The molecule has 1 fully saturated rings. The van der Waals surface area contributed by atoms with Crippen LogP contribution in [0.25, 0.3) is 0 Å². The summed E-state index contributed by atoms with van der Waals surface area (Å²) in [5, 5.41) is 3.89. The summed E-state index contributed by atoms with van der Waals surface area (Å²) < 4.78 is 20.3. The zero-order valence-corrected chi connectivity index (χ0v) is 12.3. The average molecular weight is 286 g/mol. The molecule has 4 heteroatoms. The summed E-state index contributed by atoms with van der Waals surface area (Å²) in [5.41, 5.74) is -0.406. The molecular formula is C15H21ClFNO. The van der Waals surface area contributed by atoms with Gasteiger partial charge in [0, 0.05) is 23.9 Å². The molecule has 0 saturated carbocycles. The second kappa shape index (κ2) is 6.10. The molecule has 0 spiro atoms. The second-order valence-electron chi connectivity index (χ2n) is 5.45. The van der Waals surface area contributed by atoms with Gasteiger partial charge in [0.1, 0.15) is 11.4 Å². The van der Waals surface area contributed by atoms with Crippen molar-refractivity contribution in [2.24, 2.45) is 5.92 Å². The first-order chi connectivity index (χ1) is 9.03. The smallest absolute Gasteiger partial charge is 0.122 e. The van der Waals surface area contributed by atoms with E-state index < -0.39 is 5.67 Å². The first-order valence-corrected chi connectivity index (χ1v) is 7.13. The van der Waals surface area contributed by atoms with E-state index in [1.165, 1.54) is 0 Å². The third-order valence-electron chi connectivity index (χ3n) is 3.93. The minimum atomic E-state index is -1.24. The third-order valence-corrected chi connectivity index (χ3v) is 4.16. The van der Waals surface area contributed by atoms with Gasteiger partial charge in [0.15, 0.2) is 0 Å². The maximum atomic E-state index is 15.0. The summed E-state index contributed by atoms with van der Waals surface area (Å²) in [6.07, 6.45) is 2.31. The quantitative estimate of drug-likeness (QED) is 0.912. The van der Waals surface area contributed by atoms with E-state index in [1.54, 1.807) is 32.2 Å². The van der Waals surface area contributed by atoms with Crippen LogP contribution < -0.4 is 10.1 Å². The molecule has 1 N–H and O–H groups in total. The zero-order chi connectivity index (χ0) is 13.9. The van der Waals surface area contributed by atoms with Gasteiger partial charge in [-0.05, 0) is 50.1 Å². The number of piperidine rings is 1. The molecule has 1 heterocycles. The highest BCUT2D eigenvalue weighted by atomic mass is 35.5. The Bertz CT molecular complexity index is 430. The molecule has 0 bridgehead atoms. The number of hydrogen-bond acceptors (Lipinski definition) is 2. The standard InChI is InChI=1S/C15H21ClFNO/c1-15(17,12-4-3-7-18-10-12)9-11-8-13(16)5-6-14(11)19-2/h5-6,8,12,18H,3-4,7,9-10H2,1-2H3. The van der Waals surface area contributed by atoms with Crippen LogP contribution in [0.3, 0.4) is 0 Å². The van der Waals surface area contributed by atoms with Crippen molar-refractivity contribution in [1.29, 1.82) is 0 Å². The van der Waals surface area contributed by atoms with Gasteiger partial charge in [-0.2, -0.15) is 0 Å². The van der Waals surface area contributed by atoms with Crippen LogP contribution in [-0.4, -0.2) is 25.9 Å². The van der Waals surface area contributed by atoms with E-state index in [4.69, 9.17) is 16.3 Å². The van der Waals surface area contributed by atoms with Gasteiger partial charge in [-0.15, -0.1) is 0 Å². The fraction of sp³-hybridized carbons (Fsp3) is 0.600. The summed E-state index contributed by atoms with van der Waals surface area (Å²) in [6.45, 7) is 3.42. The van der Waals surface area contributed by atoms with E-state index in [0.717, 1.165) is 31.5 Å². The van der Waals surface area contributed by atoms with E-state index >= 15 is 0 Å². The number of methoxy groups -OCH3 is 1. The minimum Gasteiger partial charge on any atom is -0.496 e. The van der Waals surface area contributed by atoms with Gasteiger partial charge in [-0.3, -0.25) is 0 Å². The monoisotopic (exact) mass is 285 g/mol. The van der Waals surface area contributed by atoms with Gasteiger partial charge in [0.2, 0.25) is 0 Å². The Kier molecular flexibility index (Phi) is 4.69. The SMILES string of the molecule is COc1ccc(Cl)cc1CC(C)(F)C1CCCNC1. The molecule has 0 aromatic heterocycles. The molecule has 19 heavy (non-hydrogen) atoms. The number of hydrogen-bond donors (Lipinski definition) is 1. The lowest BCUT2D eigenvalue weighted by Gasteiger charge is -2.34. The molecule has 0 aliphatic carbocycles. The number of halogens is 2. The Labute approximate surface area is 119 Å². The van der Waals surface area contributed by atoms with Crippen molar-refractivity contribution in [2.75, 3.05) is 20.2 Å². The largest absolute Gasteiger partial charge is 0.496 e. The van der Waals surface area contributed by atoms with Crippen LogP contribution in [0.5, 0.6) is 5.75 Å². The van der Waals surface area contributed by atoms with Crippen LogP contribution in [0.15, 0.2) is 18.2 Å². The lowest BCUT2D eigenvalue weighted by Crippen LogP contribution is -2.42. The van der Waals surface area contributed by atoms with Crippen LogP contribution in [0.1, 0.15) is 25.3 Å². The Morgan fingerprint density at radius 2 is 2.32 bits per heavy atom. The average Bonchev–Trinajstić information content (AvgIpc) is 2.39. The van der Waals surface area contributed by atoms with Gasteiger partial charge < -0.3 is 10.1 Å². The van der Waals surface area contributed by atoms with Crippen molar-refractivity contribution >= 4 is 11.6 Å². The zero-order valence-electron chi connectivity index (χ0n) is 11.5. The number of rotatable bonds is 4. The van der Waals surface area contributed by atoms with Crippen LogP contribution >= 0.6 is 11.6 Å². The maximum absolute atomic E-state index is 15.0. The van der Waals surface area contributed by atoms with Crippen LogP contribution in [0.4, 0.5) is 4.39 Å². The van der Waals surface area contributed by atoms with Crippen molar-refractivity contribution in [3.63, 3.8) is 0 Å². The molecule has 2 nitrogen and oxygen atoms in total. The van der Waals surface area contributed by atoms with E-state index in [9.17, 15) is 4.39 Å². The summed E-state index contributed by atoms with van der Waals surface area (Å²) >= 11 is 6.00. The lowest BCUT2D eigenvalue weighted by atomic mass is 9.81. The van der Waals surface area contributed by atoms with Crippen molar-refractivity contribution in [3.05, 3.63) is 28.8 Å². The van der Waals surface area contributed by atoms with E-state index in [1.807, 2.05) is 0 Å². The summed E-state index contributed by atoms with van der Waals surface area (Å²) in [4.78, 5) is 0. The third kappa shape index (κ3) is 3.61. The fourth-order valence-electron chi connectivity index (χ4n) is 2.77. The van der Waals surface area contributed by atoms with Gasteiger partial charge in [-0.1, -0.05) is 11.6 Å². The molecule has 1 aromatic carbocycles. The van der Waals surface area contributed by atoms with Gasteiger partial charge in [0.25, 0.3) is 0 Å². The topological polar surface area (TPSA) is 21.3 Å². The Balaban J connectivity index is 2.16. The normalized spacial score (nSPS) is 22.8. The van der Waals surface area contributed by atoms with Crippen LogP contribution in [-0.2, 0) is 6.42 Å². The molecule has 1 saturated heterocycles. The highest BCUT2D eigenvalue weighted by Gasteiger charge is 2.35. The summed E-state index contributed by atoms with van der Waals surface area (Å²) in [7, 11) is 1.60. The Hall–Kier alpha value is -0.800. The number of alkyl halides is 1. The van der Waals surface area contributed by atoms with Crippen molar-refractivity contribution < 1.29 is 9.13 Å². The Morgan fingerprint density at radius 3 is 2.95 bits per heavy atom. The summed E-state index contributed by atoms with van der Waals surface area (Å²) in [5.74, 6) is 0.752. The molecule has 2 unspecified atom stereocenters. The number of ether oxygens (including phenoxy) is 1. The first-order valence-electron chi connectivity index (χ1n) is 6.75. The number of nitrogens with one attached hydrogen (secondary N) is 1. The maximum Gasteiger partial charge on any atom is 0.122 e. The van der Waals surface area contributed by atoms with Gasteiger partial charge >= 0.3 is 0 Å².